The number of aryl methyl sites for hydroxylation is 1. The van der Waals surface area contributed by atoms with E-state index in [0.29, 0.717) is 11.3 Å². The van der Waals surface area contributed by atoms with Gasteiger partial charge in [-0.2, -0.15) is 13.2 Å². The van der Waals surface area contributed by atoms with Gasteiger partial charge in [0.25, 0.3) is 11.5 Å². The third kappa shape index (κ3) is 5.04. The lowest BCUT2D eigenvalue weighted by Gasteiger charge is -2.17. The summed E-state index contributed by atoms with van der Waals surface area (Å²) >= 11 is 0. The van der Waals surface area contributed by atoms with Gasteiger partial charge < -0.3 is 15.0 Å². The number of halogens is 3. The second-order valence-corrected chi connectivity index (χ2v) is 8.98. The van der Waals surface area contributed by atoms with Gasteiger partial charge in [-0.15, -0.1) is 0 Å². The van der Waals surface area contributed by atoms with Crippen LogP contribution in [-0.4, -0.2) is 33.3 Å². The number of carboxylic acid groups (broad SMARTS) is 1. The van der Waals surface area contributed by atoms with Gasteiger partial charge >= 0.3 is 12.1 Å². The minimum absolute atomic E-state index is 0.0551. The SMILES string of the molecule is Cc1cc(C(F)(F)F)c(-c2ccc(CC(NC(=O)C3=Nc4ccccc4C3C)C(=O)O)cc2)c(=O)n1C. The van der Waals surface area contributed by atoms with E-state index < -0.39 is 40.8 Å². The van der Waals surface area contributed by atoms with Crippen molar-refractivity contribution in [1.82, 2.24) is 9.88 Å². The van der Waals surface area contributed by atoms with Crippen molar-refractivity contribution in [3.05, 3.63) is 87.3 Å². The number of carboxylic acids is 1. The minimum atomic E-state index is -4.73. The fourth-order valence-electron chi connectivity index (χ4n) is 4.38. The highest BCUT2D eigenvalue weighted by Crippen LogP contribution is 2.36. The van der Waals surface area contributed by atoms with E-state index in [-0.39, 0.29) is 29.3 Å². The molecule has 7 nitrogen and oxygen atoms in total. The van der Waals surface area contributed by atoms with E-state index >= 15 is 0 Å². The zero-order valence-electron chi connectivity index (χ0n) is 20.3. The van der Waals surface area contributed by atoms with Crippen molar-refractivity contribution in [1.29, 1.82) is 0 Å². The first kappa shape index (κ1) is 25.9. The highest BCUT2D eigenvalue weighted by Gasteiger charge is 2.36. The van der Waals surface area contributed by atoms with Gasteiger partial charge in [0.15, 0.2) is 0 Å². The summed E-state index contributed by atoms with van der Waals surface area (Å²) in [7, 11) is 1.39. The molecule has 0 radical (unpaired) electrons. The number of aliphatic carboxylic acids is 1. The summed E-state index contributed by atoms with van der Waals surface area (Å²) in [5.41, 5.74) is 0.103. The van der Waals surface area contributed by atoms with Crippen LogP contribution < -0.4 is 10.9 Å². The lowest BCUT2D eigenvalue weighted by molar-refractivity contribution is -0.141. The molecule has 1 aliphatic heterocycles. The molecule has 3 aromatic rings. The van der Waals surface area contributed by atoms with E-state index in [4.69, 9.17) is 0 Å². The van der Waals surface area contributed by atoms with Crippen LogP contribution in [0.4, 0.5) is 18.9 Å². The van der Waals surface area contributed by atoms with Gasteiger partial charge in [-0.1, -0.05) is 49.4 Å². The van der Waals surface area contributed by atoms with Crippen LogP contribution in [0, 0.1) is 6.92 Å². The van der Waals surface area contributed by atoms with Crippen LogP contribution in [0.25, 0.3) is 11.1 Å². The van der Waals surface area contributed by atoms with Crippen LogP contribution in [0.1, 0.15) is 35.2 Å². The van der Waals surface area contributed by atoms with Gasteiger partial charge in [0.05, 0.1) is 16.8 Å². The number of pyridine rings is 1. The van der Waals surface area contributed by atoms with E-state index in [2.05, 4.69) is 10.3 Å². The predicted molar refractivity (Wildman–Crippen MR) is 132 cm³/mol. The monoisotopic (exact) mass is 511 g/mol. The Morgan fingerprint density at radius 2 is 1.78 bits per heavy atom. The van der Waals surface area contributed by atoms with Gasteiger partial charge in [-0.25, -0.2) is 9.79 Å². The predicted octanol–water partition coefficient (Wildman–Crippen LogP) is 4.38. The molecular weight excluding hydrogens is 487 g/mol. The number of amides is 1. The average molecular weight is 512 g/mol. The van der Waals surface area contributed by atoms with Crippen molar-refractivity contribution < 1.29 is 27.9 Å². The number of fused-ring (bicyclic) bond motifs is 1. The van der Waals surface area contributed by atoms with Crippen LogP contribution in [-0.2, 0) is 29.2 Å². The Morgan fingerprint density at radius 1 is 1.14 bits per heavy atom. The maximum Gasteiger partial charge on any atom is 0.417 e. The lowest BCUT2D eigenvalue weighted by Crippen LogP contribution is -2.45. The minimum Gasteiger partial charge on any atom is -0.480 e. The number of aliphatic imine (C=N–C) groups is 1. The van der Waals surface area contributed by atoms with Gasteiger partial charge in [-0.3, -0.25) is 9.59 Å². The Hall–Kier alpha value is -4.21. The van der Waals surface area contributed by atoms with Gasteiger partial charge in [0.2, 0.25) is 0 Å². The molecule has 10 heteroatoms. The molecule has 192 valence electrons. The number of nitrogens with one attached hydrogen (secondary N) is 1. The molecule has 2 heterocycles. The molecule has 0 fully saturated rings. The smallest absolute Gasteiger partial charge is 0.417 e. The molecule has 2 unspecified atom stereocenters. The number of rotatable bonds is 6. The molecule has 1 amide bonds. The molecule has 0 spiro atoms. The van der Waals surface area contributed by atoms with Gasteiger partial charge in [0, 0.05) is 25.1 Å². The zero-order chi connectivity index (χ0) is 27.1. The Morgan fingerprint density at radius 3 is 2.38 bits per heavy atom. The van der Waals surface area contributed by atoms with Crippen LogP contribution in [0.2, 0.25) is 0 Å². The van der Waals surface area contributed by atoms with Crippen molar-refractivity contribution in [2.45, 2.75) is 38.4 Å². The third-order valence-corrected chi connectivity index (χ3v) is 6.55. The van der Waals surface area contributed by atoms with Crippen molar-refractivity contribution in [3.63, 3.8) is 0 Å². The Labute approximate surface area is 210 Å². The molecule has 2 N–H and O–H groups in total. The standard InChI is InChI=1S/C27H24F3N3O4/c1-14-12-19(27(28,29)30)22(25(35)33(14)3)17-10-8-16(9-11-17)13-21(26(36)37)32-24(34)23-15(2)18-6-4-5-7-20(18)31-23/h4-12,15,21H,13H2,1-3H3,(H,32,34)(H,36,37). The van der Waals surface area contributed by atoms with Crippen LogP contribution in [0.15, 0.2) is 64.4 Å². The number of alkyl halides is 3. The van der Waals surface area contributed by atoms with E-state index in [1.165, 1.54) is 38.2 Å². The topological polar surface area (TPSA) is 101 Å². The second-order valence-electron chi connectivity index (χ2n) is 8.98. The first-order chi connectivity index (χ1) is 17.4. The number of carbonyl (C=O) groups excluding carboxylic acids is 1. The number of aromatic nitrogens is 1. The molecule has 0 bridgehead atoms. The van der Waals surface area contributed by atoms with E-state index in [0.717, 1.165) is 16.2 Å². The molecular formula is C27H24F3N3O4. The van der Waals surface area contributed by atoms with Gasteiger partial charge in [-0.05, 0) is 35.7 Å². The number of carbonyl (C=O) groups is 2. The van der Waals surface area contributed by atoms with E-state index in [1.54, 1.807) is 12.1 Å². The van der Waals surface area contributed by atoms with Crippen LogP contribution in [0.3, 0.4) is 0 Å². The highest BCUT2D eigenvalue weighted by atomic mass is 19.4. The largest absolute Gasteiger partial charge is 0.480 e. The van der Waals surface area contributed by atoms with Crippen molar-refractivity contribution in [2.24, 2.45) is 12.0 Å². The number of nitrogens with zero attached hydrogens (tertiary/aromatic N) is 2. The Kier molecular flexibility index (Phi) is 6.77. The molecule has 2 atom stereocenters. The molecule has 37 heavy (non-hydrogen) atoms. The molecule has 0 aliphatic carbocycles. The van der Waals surface area contributed by atoms with Crippen molar-refractivity contribution >= 4 is 23.3 Å². The summed E-state index contributed by atoms with van der Waals surface area (Å²) in [6.07, 6.45) is -4.85. The first-order valence-electron chi connectivity index (χ1n) is 11.5. The quantitative estimate of drug-likeness (QED) is 0.513. The number of para-hydroxylation sites is 1. The summed E-state index contributed by atoms with van der Waals surface area (Å²) in [6.45, 7) is 3.23. The van der Waals surface area contributed by atoms with Crippen LogP contribution in [0.5, 0.6) is 0 Å². The molecule has 1 aromatic heterocycles. The van der Waals surface area contributed by atoms with Crippen molar-refractivity contribution in [2.75, 3.05) is 0 Å². The Balaban J connectivity index is 1.56. The first-order valence-corrected chi connectivity index (χ1v) is 11.5. The summed E-state index contributed by atoms with van der Waals surface area (Å²) in [5.74, 6) is -2.18. The van der Waals surface area contributed by atoms with E-state index in [9.17, 15) is 32.7 Å². The normalized spacial score (nSPS) is 15.6. The molecule has 0 saturated carbocycles. The molecule has 2 aromatic carbocycles. The molecule has 4 rings (SSSR count). The lowest BCUT2D eigenvalue weighted by atomic mass is 9.96. The van der Waals surface area contributed by atoms with Crippen LogP contribution >= 0.6 is 0 Å². The summed E-state index contributed by atoms with van der Waals surface area (Å²) in [6, 6.07) is 12.5. The molecule has 1 aliphatic rings. The van der Waals surface area contributed by atoms with E-state index in [1.807, 2.05) is 19.1 Å². The average Bonchev–Trinajstić information content (AvgIpc) is 3.18. The van der Waals surface area contributed by atoms with Gasteiger partial charge in [0.1, 0.15) is 11.8 Å². The summed E-state index contributed by atoms with van der Waals surface area (Å²) in [4.78, 5) is 41.8. The van der Waals surface area contributed by atoms with Crippen molar-refractivity contribution in [3.8, 4) is 11.1 Å². The second kappa shape index (κ2) is 9.68. The molecule has 0 saturated heterocycles. The number of hydrogen-bond donors (Lipinski definition) is 2. The number of hydrogen-bond acceptors (Lipinski definition) is 4. The Bertz CT molecular complexity index is 1470. The third-order valence-electron chi connectivity index (χ3n) is 6.55. The highest BCUT2D eigenvalue weighted by molar-refractivity contribution is 6.42. The fourth-order valence-corrected chi connectivity index (χ4v) is 4.38. The number of benzene rings is 2. The summed E-state index contributed by atoms with van der Waals surface area (Å²) in [5, 5.41) is 12.2. The maximum atomic E-state index is 13.7. The maximum absolute atomic E-state index is 13.7. The zero-order valence-corrected chi connectivity index (χ0v) is 20.3. The fraction of sp³-hybridized carbons (Fsp3) is 0.259. The summed E-state index contributed by atoms with van der Waals surface area (Å²) < 4.78 is 42.1.